The maximum absolute atomic E-state index is 13.5. The van der Waals surface area contributed by atoms with Gasteiger partial charge in [-0.1, -0.05) is 12.1 Å². The Hall–Kier alpha value is -1.95. The van der Waals surface area contributed by atoms with E-state index in [2.05, 4.69) is 10.6 Å². The van der Waals surface area contributed by atoms with Crippen molar-refractivity contribution in [3.63, 3.8) is 0 Å². The number of nitrogens with one attached hydrogen (secondary N) is 2. The molecule has 0 spiro atoms. The number of allylic oxidation sites excluding steroid dienone is 1. The summed E-state index contributed by atoms with van der Waals surface area (Å²) in [5.74, 6) is -0.407. The molecule has 1 unspecified atom stereocenters. The maximum atomic E-state index is 13.5. The molecule has 0 aromatic heterocycles. The Kier molecular flexibility index (Phi) is 5.13. The second-order valence-electron chi connectivity index (χ2n) is 5.10. The first-order valence-corrected chi connectivity index (χ1v) is 7.71. The standard InChI is InChI=1S/C16H20FN3OS/c1-4-20(5-2)15(21)13-10(3)18-16(22)19-14(13)11-7-6-8-12(17)9-11/h6-9,14H,4-5H2,1-3H3,(H2,18,19,22). The highest BCUT2D eigenvalue weighted by Crippen LogP contribution is 2.28. The SMILES string of the molecule is CCN(CC)C(=O)C1=C(C)NC(=S)NC1c1cccc(F)c1. The molecule has 22 heavy (non-hydrogen) atoms. The van der Waals surface area contributed by atoms with Crippen LogP contribution in [0.3, 0.4) is 0 Å². The summed E-state index contributed by atoms with van der Waals surface area (Å²) in [7, 11) is 0. The van der Waals surface area contributed by atoms with Crippen molar-refractivity contribution in [2.75, 3.05) is 13.1 Å². The van der Waals surface area contributed by atoms with Crippen LogP contribution in [0.15, 0.2) is 35.5 Å². The van der Waals surface area contributed by atoms with E-state index in [1.807, 2.05) is 20.8 Å². The molecule has 2 rings (SSSR count). The Labute approximate surface area is 135 Å². The molecule has 0 fully saturated rings. The van der Waals surface area contributed by atoms with Crippen LogP contribution in [0.4, 0.5) is 4.39 Å². The molecule has 1 aromatic rings. The fourth-order valence-electron chi connectivity index (χ4n) is 2.59. The number of benzene rings is 1. The van der Waals surface area contributed by atoms with Crippen molar-refractivity contribution >= 4 is 23.2 Å². The molecule has 1 amide bonds. The molecule has 1 aliphatic heterocycles. The van der Waals surface area contributed by atoms with Gasteiger partial charge in [-0.3, -0.25) is 4.79 Å². The highest BCUT2D eigenvalue weighted by atomic mass is 32.1. The third-order valence-corrected chi connectivity index (χ3v) is 3.95. The average Bonchev–Trinajstić information content (AvgIpc) is 2.47. The molecule has 0 aliphatic carbocycles. The van der Waals surface area contributed by atoms with Crippen molar-refractivity contribution in [2.45, 2.75) is 26.8 Å². The first-order chi connectivity index (χ1) is 10.5. The lowest BCUT2D eigenvalue weighted by Gasteiger charge is -2.33. The van der Waals surface area contributed by atoms with Gasteiger partial charge in [0.05, 0.1) is 11.6 Å². The molecule has 0 bridgehead atoms. The van der Waals surface area contributed by atoms with Gasteiger partial charge in [0.1, 0.15) is 5.82 Å². The van der Waals surface area contributed by atoms with Gasteiger partial charge in [0.25, 0.3) is 5.91 Å². The number of thiocarbonyl (C=S) groups is 1. The molecule has 6 heteroatoms. The molecule has 1 aliphatic rings. The quantitative estimate of drug-likeness (QED) is 0.836. The molecule has 118 valence electrons. The zero-order valence-corrected chi connectivity index (χ0v) is 13.8. The van der Waals surface area contributed by atoms with Crippen LogP contribution in [-0.4, -0.2) is 29.0 Å². The van der Waals surface area contributed by atoms with Crippen LogP contribution in [0.2, 0.25) is 0 Å². The van der Waals surface area contributed by atoms with E-state index >= 15 is 0 Å². The third-order valence-electron chi connectivity index (χ3n) is 3.73. The average molecular weight is 321 g/mol. The molecule has 0 saturated heterocycles. The van der Waals surface area contributed by atoms with E-state index in [0.29, 0.717) is 35.0 Å². The van der Waals surface area contributed by atoms with Gasteiger partial charge in [-0.15, -0.1) is 0 Å². The van der Waals surface area contributed by atoms with E-state index in [0.717, 1.165) is 0 Å². The van der Waals surface area contributed by atoms with E-state index in [4.69, 9.17) is 12.2 Å². The number of nitrogens with zero attached hydrogens (tertiary/aromatic N) is 1. The Morgan fingerprint density at radius 1 is 1.36 bits per heavy atom. The first-order valence-electron chi connectivity index (χ1n) is 7.30. The smallest absolute Gasteiger partial charge is 0.253 e. The van der Waals surface area contributed by atoms with Crippen molar-refractivity contribution in [1.29, 1.82) is 0 Å². The van der Waals surface area contributed by atoms with E-state index < -0.39 is 6.04 Å². The Bertz CT molecular complexity index is 626. The normalized spacial score (nSPS) is 17.8. The minimum absolute atomic E-state index is 0.0701. The predicted molar refractivity (Wildman–Crippen MR) is 88.6 cm³/mol. The first kappa shape index (κ1) is 16.4. The van der Waals surface area contributed by atoms with Crippen LogP contribution in [0, 0.1) is 5.82 Å². The van der Waals surface area contributed by atoms with Crippen molar-refractivity contribution in [3.8, 4) is 0 Å². The second kappa shape index (κ2) is 6.87. The van der Waals surface area contributed by atoms with E-state index in [1.54, 1.807) is 17.0 Å². The monoisotopic (exact) mass is 321 g/mol. The third kappa shape index (κ3) is 3.27. The molecule has 1 heterocycles. The minimum atomic E-state index is -0.447. The van der Waals surface area contributed by atoms with Crippen molar-refractivity contribution in [1.82, 2.24) is 15.5 Å². The lowest BCUT2D eigenvalue weighted by atomic mass is 9.94. The van der Waals surface area contributed by atoms with Gasteiger partial charge in [-0.25, -0.2) is 4.39 Å². The fourth-order valence-corrected chi connectivity index (χ4v) is 2.87. The number of carbonyl (C=O) groups excluding carboxylic acids is 1. The van der Waals surface area contributed by atoms with Crippen LogP contribution in [0.5, 0.6) is 0 Å². The maximum Gasteiger partial charge on any atom is 0.253 e. The number of hydrogen-bond donors (Lipinski definition) is 2. The summed E-state index contributed by atoms with van der Waals surface area (Å²) in [6.07, 6.45) is 0. The number of carbonyl (C=O) groups is 1. The molecule has 2 N–H and O–H groups in total. The molecule has 0 radical (unpaired) electrons. The van der Waals surface area contributed by atoms with Gasteiger partial charge in [0, 0.05) is 18.8 Å². The Morgan fingerprint density at radius 2 is 2.05 bits per heavy atom. The molecule has 4 nitrogen and oxygen atoms in total. The Balaban J connectivity index is 2.47. The van der Waals surface area contributed by atoms with Crippen molar-refractivity contribution < 1.29 is 9.18 Å². The van der Waals surface area contributed by atoms with E-state index in [-0.39, 0.29) is 11.7 Å². The van der Waals surface area contributed by atoms with Crippen LogP contribution in [0.25, 0.3) is 0 Å². The highest BCUT2D eigenvalue weighted by molar-refractivity contribution is 7.80. The summed E-state index contributed by atoms with van der Waals surface area (Å²) >= 11 is 5.18. The fraction of sp³-hybridized carbons (Fsp3) is 0.375. The van der Waals surface area contributed by atoms with Gasteiger partial charge in [-0.05, 0) is 50.7 Å². The Morgan fingerprint density at radius 3 is 2.64 bits per heavy atom. The summed E-state index contributed by atoms with van der Waals surface area (Å²) in [5, 5.41) is 6.49. The van der Waals surface area contributed by atoms with Gasteiger partial charge in [0.15, 0.2) is 5.11 Å². The molecular weight excluding hydrogens is 301 g/mol. The molecular formula is C16H20FN3OS. The topological polar surface area (TPSA) is 44.4 Å². The summed E-state index contributed by atoms with van der Waals surface area (Å²) in [5.41, 5.74) is 1.96. The lowest BCUT2D eigenvalue weighted by Crippen LogP contribution is -2.47. The van der Waals surface area contributed by atoms with E-state index in [9.17, 15) is 9.18 Å². The minimum Gasteiger partial charge on any atom is -0.351 e. The predicted octanol–water partition coefficient (Wildman–Crippen LogP) is 2.49. The molecule has 0 saturated carbocycles. The lowest BCUT2D eigenvalue weighted by molar-refractivity contribution is -0.127. The molecule has 1 aromatic carbocycles. The number of likely N-dealkylation sites (N-methyl/N-ethyl adjacent to an activating group) is 1. The largest absolute Gasteiger partial charge is 0.351 e. The summed E-state index contributed by atoms with van der Waals surface area (Å²) in [6, 6.07) is 5.78. The van der Waals surface area contributed by atoms with Gasteiger partial charge in [-0.2, -0.15) is 0 Å². The highest BCUT2D eigenvalue weighted by Gasteiger charge is 2.31. The van der Waals surface area contributed by atoms with Crippen molar-refractivity contribution in [3.05, 3.63) is 46.9 Å². The number of rotatable bonds is 4. The van der Waals surface area contributed by atoms with Crippen LogP contribution in [-0.2, 0) is 4.79 Å². The number of halogens is 1. The van der Waals surface area contributed by atoms with Crippen LogP contribution >= 0.6 is 12.2 Å². The van der Waals surface area contributed by atoms with Gasteiger partial charge in [0.2, 0.25) is 0 Å². The second-order valence-corrected chi connectivity index (χ2v) is 5.51. The van der Waals surface area contributed by atoms with Crippen molar-refractivity contribution in [2.24, 2.45) is 0 Å². The molecule has 1 atom stereocenters. The zero-order chi connectivity index (χ0) is 16.3. The van der Waals surface area contributed by atoms with E-state index in [1.165, 1.54) is 12.1 Å². The summed E-state index contributed by atoms with van der Waals surface area (Å²) in [4.78, 5) is 14.5. The van der Waals surface area contributed by atoms with Crippen LogP contribution in [0.1, 0.15) is 32.4 Å². The van der Waals surface area contributed by atoms with Gasteiger partial charge < -0.3 is 15.5 Å². The van der Waals surface area contributed by atoms with Crippen LogP contribution < -0.4 is 10.6 Å². The summed E-state index contributed by atoms with van der Waals surface area (Å²) in [6.45, 7) is 6.92. The zero-order valence-electron chi connectivity index (χ0n) is 12.9. The summed E-state index contributed by atoms with van der Waals surface area (Å²) < 4.78 is 13.5. The number of hydrogen-bond acceptors (Lipinski definition) is 2. The number of amides is 1. The van der Waals surface area contributed by atoms with Gasteiger partial charge >= 0.3 is 0 Å².